The number of carbonyl (C=O) groups excluding carboxylic acids is 1. The molecule has 2 aromatic heterocycles. The van der Waals surface area contributed by atoms with Crippen LogP contribution in [0.5, 0.6) is 0 Å². The number of likely N-dealkylation sites (tertiary alicyclic amines) is 1. The van der Waals surface area contributed by atoms with Gasteiger partial charge in [0.2, 0.25) is 0 Å². The van der Waals surface area contributed by atoms with Crippen molar-refractivity contribution in [2.24, 2.45) is 11.7 Å². The molecular weight excluding hydrogens is 380 g/mol. The van der Waals surface area contributed by atoms with E-state index in [0.29, 0.717) is 11.6 Å². The Balaban J connectivity index is 1.69. The summed E-state index contributed by atoms with van der Waals surface area (Å²) in [6.07, 6.45) is 4.50. The molecule has 0 unspecified atom stereocenters. The van der Waals surface area contributed by atoms with Gasteiger partial charge in [0, 0.05) is 37.3 Å². The molecule has 3 heterocycles. The zero-order valence-corrected chi connectivity index (χ0v) is 15.6. The molecule has 8 nitrogen and oxygen atoms in total. The predicted molar refractivity (Wildman–Crippen MR) is 102 cm³/mol. The number of hydrogen-bond donors (Lipinski definition) is 2. The third-order valence-electron chi connectivity index (χ3n) is 4.80. The highest BCUT2D eigenvalue weighted by Gasteiger charge is 2.24. The summed E-state index contributed by atoms with van der Waals surface area (Å²) >= 11 is 0. The van der Waals surface area contributed by atoms with Gasteiger partial charge in [-0.25, -0.2) is 8.78 Å². The van der Waals surface area contributed by atoms with E-state index in [1.807, 2.05) is 0 Å². The Morgan fingerprint density at radius 2 is 2.00 bits per heavy atom. The van der Waals surface area contributed by atoms with Gasteiger partial charge in [0.15, 0.2) is 5.69 Å². The molecule has 0 atom stereocenters. The normalized spacial score (nSPS) is 14.6. The zero-order valence-electron chi connectivity index (χ0n) is 15.6. The van der Waals surface area contributed by atoms with Crippen molar-refractivity contribution in [2.75, 3.05) is 25.5 Å². The molecule has 4 rings (SSSR count). The Morgan fingerprint density at radius 3 is 2.66 bits per heavy atom. The van der Waals surface area contributed by atoms with Gasteiger partial charge in [0.25, 0.3) is 5.91 Å². The monoisotopic (exact) mass is 399 g/mol. The first-order chi connectivity index (χ1) is 13.9. The Morgan fingerprint density at radius 1 is 1.28 bits per heavy atom. The average molecular weight is 399 g/mol. The number of aromatic nitrogens is 4. The van der Waals surface area contributed by atoms with Crippen LogP contribution in [0.2, 0.25) is 0 Å². The topological polar surface area (TPSA) is 102 Å². The quantitative estimate of drug-likeness (QED) is 0.658. The lowest BCUT2D eigenvalue weighted by Gasteiger charge is -2.35. The first kappa shape index (κ1) is 18.9. The van der Waals surface area contributed by atoms with E-state index in [4.69, 9.17) is 5.73 Å². The molecular formula is C19H19F2N7O. The minimum absolute atomic E-state index is 0.0396. The molecule has 1 aliphatic heterocycles. The fourth-order valence-corrected chi connectivity index (χ4v) is 3.51. The molecule has 29 heavy (non-hydrogen) atoms. The third-order valence-corrected chi connectivity index (χ3v) is 4.80. The summed E-state index contributed by atoms with van der Waals surface area (Å²) in [4.78, 5) is 14.1. The molecule has 10 heteroatoms. The van der Waals surface area contributed by atoms with Crippen LogP contribution in [0.15, 0.2) is 36.8 Å². The Bertz CT molecular complexity index is 1040. The molecule has 3 aromatic rings. The molecule has 0 radical (unpaired) electrons. The molecule has 0 saturated carbocycles. The van der Waals surface area contributed by atoms with Crippen molar-refractivity contribution in [3.05, 3.63) is 54.1 Å². The second kappa shape index (κ2) is 7.55. The number of nitrogens with one attached hydrogen (secondary N) is 1. The van der Waals surface area contributed by atoms with E-state index >= 15 is 0 Å². The van der Waals surface area contributed by atoms with Crippen LogP contribution in [0.1, 0.15) is 10.5 Å². The van der Waals surface area contributed by atoms with Gasteiger partial charge in [-0.15, -0.1) is 5.10 Å². The maximum atomic E-state index is 14.4. The summed E-state index contributed by atoms with van der Waals surface area (Å²) in [5.41, 5.74) is 5.50. The lowest BCUT2D eigenvalue weighted by Crippen LogP contribution is -2.45. The number of carbonyl (C=O) groups is 1. The van der Waals surface area contributed by atoms with Gasteiger partial charge in [-0.1, -0.05) is 6.07 Å². The highest BCUT2D eigenvalue weighted by molar-refractivity contribution is 6.01. The van der Waals surface area contributed by atoms with Crippen molar-refractivity contribution in [1.82, 2.24) is 24.9 Å². The van der Waals surface area contributed by atoms with E-state index in [-0.39, 0.29) is 22.5 Å². The summed E-state index contributed by atoms with van der Waals surface area (Å²) in [5.74, 6) is -1.94. The second-order valence-electron chi connectivity index (χ2n) is 7.11. The number of nitrogens with two attached hydrogens (primary N) is 1. The molecule has 0 spiro atoms. The van der Waals surface area contributed by atoms with E-state index in [2.05, 4.69) is 32.6 Å². The largest absolute Gasteiger partial charge is 0.364 e. The molecule has 0 aliphatic carbocycles. The molecule has 3 N–H and O–H groups in total. The van der Waals surface area contributed by atoms with E-state index in [0.717, 1.165) is 31.8 Å². The predicted octanol–water partition coefficient (Wildman–Crippen LogP) is 2.02. The Labute approximate surface area is 165 Å². The molecule has 1 fully saturated rings. The van der Waals surface area contributed by atoms with Crippen molar-refractivity contribution in [3.8, 4) is 11.1 Å². The zero-order chi connectivity index (χ0) is 20.5. The lowest BCUT2D eigenvalue weighted by molar-refractivity contribution is 0.0995. The molecule has 1 aromatic carbocycles. The van der Waals surface area contributed by atoms with Gasteiger partial charge in [-0.05, 0) is 19.2 Å². The molecule has 0 bridgehead atoms. The number of halogens is 2. The van der Waals surface area contributed by atoms with E-state index in [9.17, 15) is 13.6 Å². The van der Waals surface area contributed by atoms with Crippen LogP contribution in [-0.4, -0.2) is 50.9 Å². The maximum Gasteiger partial charge on any atom is 0.271 e. The fourth-order valence-electron chi connectivity index (χ4n) is 3.51. The highest BCUT2D eigenvalue weighted by Crippen LogP contribution is 2.34. The van der Waals surface area contributed by atoms with Gasteiger partial charge in [-0.3, -0.25) is 9.48 Å². The van der Waals surface area contributed by atoms with Gasteiger partial charge in [0.05, 0.1) is 29.3 Å². The lowest BCUT2D eigenvalue weighted by atomic mass is 10.0. The van der Waals surface area contributed by atoms with Crippen molar-refractivity contribution in [3.63, 3.8) is 0 Å². The number of primary amides is 1. The SMILES string of the molecule is CN1CC(Cn2cc(Nc3c(-c4c(F)cccc4F)cnnc3C(N)=O)cn2)C1. The molecule has 1 saturated heterocycles. The number of rotatable bonds is 6. The van der Waals surface area contributed by atoms with Crippen molar-refractivity contribution in [1.29, 1.82) is 0 Å². The van der Waals surface area contributed by atoms with Gasteiger partial charge >= 0.3 is 0 Å². The number of hydrogen-bond acceptors (Lipinski definition) is 6. The Hall–Kier alpha value is -3.40. The summed E-state index contributed by atoms with van der Waals surface area (Å²) in [6, 6.07) is 3.51. The summed E-state index contributed by atoms with van der Waals surface area (Å²) in [5, 5.41) is 14.7. The van der Waals surface area contributed by atoms with Crippen molar-refractivity contribution < 1.29 is 13.6 Å². The second-order valence-corrected chi connectivity index (χ2v) is 7.11. The van der Waals surface area contributed by atoms with Crippen LogP contribution in [-0.2, 0) is 6.54 Å². The van der Waals surface area contributed by atoms with E-state index in [1.54, 1.807) is 17.1 Å². The number of nitrogens with zero attached hydrogens (tertiary/aromatic N) is 5. The van der Waals surface area contributed by atoms with Gasteiger partial charge in [-0.2, -0.15) is 10.2 Å². The van der Waals surface area contributed by atoms with Crippen molar-refractivity contribution >= 4 is 17.3 Å². The van der Waals surface area contributed by atoms with Gasteiger partial charge < -0.3 is 16.0 Å². The van der Waals surface area contributed by atoms with Crippen LogP contribution in [0.3, 0.4) is 0 Å². The smallest absolute Gasteiger partial charge is 0.271 e. The van der Waals surface area contributed by atoms with Crippen LogP contribution < -0.4 is 11.1 Å². The van der Waals surface area contributed by atoms with Crippen LogP contribution in [0.25, 0.3) is 11.1 Å². The summed E-state index contributed by atoms with van der Waals surface area (Å²) < 4.78 is 30.5. The van der Waals surface area contributed by atoms with Gasteiger partial charge in [0.1, 0.15) is 11.6 Å². The minimum Gasteiger partial charge on any atom is -0.364 e. The van der Waals surface area contributed by atoms with Crippen molar-refractivity contribution in [2.45, 2.75) is 6.54 Å². The third kappa shape index (κ3) is 3.79. The fraction of sp³-hybridized carbons (Fsp3) is 0.263. The number of anilines is 2. The standard InChI is InChI=1S/C19H19F2N7O/c1-27-7-11(8-27)9-28-10-12(5-24-28)25-17-13(6-23-26-18(17)19(22)29)16-14(20)3-2-4-15(16)21/h2-6,10-11H,7-9H2,1H3,(H2,22,29)(H,23,25). The first-order valence-electron chi connectivity index (χ1n) is 9.00. The van der Waals surface area contributed by atoms with E-state index in [1.165, 1.54) is 12.3 Å². The molecule has 150 valence electrons. The van der Waals surface area contributed by atoms with Crippen LogP contribution in [0.4, 0.5) is 20.2 Å². The summed E-state index contributed by atoms with van der Waals surface area (Å²) in [7, 11) is 2.05. The first-order valence-corrected chi connectivity index (χ1v) is 9.00. The average Bonchev–Trinajstić information content (AvgIpc) is 3.08. The minimum atomic E-state index is -0.872. The molecule has 1 amide bonds. The number of amides is 1. The van der Waals surface area contributed by atoms with Crippen LogP contribution in [0, 0.1) is 17.6 Å². The van der Waals surface area contributed by atoms with E-state index < -0.39 is 17.5 Å². The van der Waals surface area contributed by atoms with Crippen LogP contribution >= 0.6 is 0 Å². The number of benzene rings is 1. The highest BCUT2D eigenvalue weighted by atomic mass is 19.1. The maximum absolute atomic E-state index is 14.4. The Kier molecular flexibility index (Phi) is 4.93. The molecule has 1 aliphatic rings. The summed E-state index contributed by atoms with van der Waals surface area (Å²) in [6.45, 7) is 2.75.